The van der Waals surface area contributed by atoms with Crippen LogP contribution in [0.4, 0.5) is 4.39 Å². The summed E-state index contributed by atoms with van der Waals surface area (Å²) >= 11 is 0. The van der Waals surface area contributed by atoms with E-state index in [0.29, 0.717) is 41.2 Å². The van der Waals surface area contributed by atoms with Crippen LogP contribution in [0.3, 0.4) is 0 Å². The Balaban J connectivity index is 1.85. The molecule has 2 unspecified atom stereocenters. The fourth-order valence-corrected chi connectivity index (χ4v) is 3.73. The Morgan fingerprint density at radius 2 is 1.65 bits per heavy atom. The molecule has 0 aromatic heterocycles. The van der Waals surface area contributed by atoms with Crippen LogP contribution >= 0.6 is 7.82 Å². The molecule has 11 heteroatoms. The first kappa shape index (κ1) is 23.0. The first-order chi connectivity index (χ1) is 14.7. The van der Waals surface area contributed by atoms with Crippen LogP contribution in [0.5, 0.6) is 23.0 Å². The number of benzene rings is 2. The van der Waals surface area contributed by atoms with Crippen LogP contribution in [0.1, 0.15) is 34.7 Å². The smallest absolute Gasteiger partial charge is 0.493 e. The summed E-state index contributed by atoms with van der Waals surface area (Å²) in [5, 5.41) is 0. The fourth-order valence-electron chi connectivity index (χ4n) is 3.55. The summed E-state index contributed by atoms with van der Waals surface area (Å²) in [7, 11) is -0.572. The number of halogens is 1. The highest BCUT2D eigenvalue weighted by Gasteiger charge is 2.39. The van der Waals surface area contributed by atoms with Gasteiger partial charge in [0.2, 0.25) is 11.5 Å². The summed E-state index contributed by atoms with van der Waals surface area (Å²) in [5.41, 5.74) is 0.968. The predicted octanol–water partition coefficient (Wildman–Crippen LogP) is 3.63. The van der Waals surface area contributed by atoms with Crippen LogP contribution in [-0.4, -0.2) is 36.9 Å². The van der Waals surface area contributed by atoms with Gasteiger partial charge in [-0.05, 0) is 48.6 Å². The molecule has 1 aliphatic carbocycles. The van der Waals surface area contributed by atoms with Crippen molar-refractivity contribution in [2.45, 2.75) is 18.8 Å². The molecule has 3 rings (SSSR count). The van der Waals surface area contributed by atoms with Crippen molar-refractivity contribution in [1.29, 1.82) is 0 Å². The summed E-state index contributed by atoms with van der Waals surface area (Å²) in [6.45, 7) is 0. The molecule has 1 saturated carbocycles. The second-order valence-corrected chi connectivity index (χ2v) is 8.04. The normalized spacial score (nSPS) is 18.1. The minimum Gasteiger partial charge on any atom is -0.493 e. The van der Waals surface area contributed by atoms with Gasteiger partial charge in [0.15, 0.2) is 23.1 Å². The van der Waals surface area contributed by atoms with Gasteiger partial charge < -0.3 is 28.9 Å². The van der Waals surface area contributed by atoms with Crippen LogP contribution in [0.2, 0.25) is 0 Å². The molecule has 31 heavy (non-hydrogen) atoms. The lowest BCUT2D eigenvalue weighted by Gasteiger charge is -2.36. The van der Waals surface area contributed by atoms with Crippen LogP contribution < -0.4 is 19.1 Å². The van der Waals surface area contributed by atoms with Crippen molar-refractivity contribution in [2.75, 3.05) is 21.3 Å². The van der Waals surface area contributed by atoms with Crippen molar-refractivity contribution in [2.24, 2.45) is 5.92 Å². The number of Topliss-reactive ketones (excluding diaryl/α,β-unsaturated/α-hetero) is 1. The highest BCUT2D eigenvalue weighted by atomic mass is 31.2. The van der Waals surface area contributed by atoms with E-state index in [1.165, 1.54) is 33.5 Å². The summed E-state index contributed by atoms with van der Waals surface area (Å²) in [5.74, 6) is -1.02. The van der Waals surface area contributed by atoms with Gasteiger partial charge in [0.1, 0.15) is 0 Å². The number of ether oxygens (including phenoxy) is 3. The van der Waals surface area contributed by atoms with E-state index in [4.69, 9.17) is 24.0 Å². The van der Waals surface area contributed by atoms with Crippen molar-refractivity contribution in [1.82, 2.24) is 0 Å². The third-order valence-electron chi connectivity index (χ3n) is 5.17. The molecule has 9 nitrogen and oxygen atoms in total. The quantitative estimate of drug-likeness (QED) is 0.252. The Kier molecular flexibility index (Phi) is 6.86. The maximum Gasteiger partial charge on any atom is 0.505 e. The number of rotatable bonds is 9. The van der Waals surface area contributed by atoms with Gasteiger partial charge in [0.25, 0.3) is 0 Å². The zero-order chi connectivity index (χ0) is 22.8. The molecule has 2 N–H and O–H groups in total. The number of carbonyl (C=O) groups excluding carboxylic acids is 1. The van der Waals surface area contributed by atoms with Gasteiger partial charge >= 0.3 is 7.82 Å². The summed E-state index contributed by atoms with van der Waals surface area (Å²) in [4.78, 5) is 35.1. The second-order valence-electron chi connectivity index (χ2n) is 6.91. The van der Waals surface area contributed by atoms with Crippen molar-refractivity contribution in [3.05, 3.63) is 47.3 Å². The Morgan fingerprint density at radius 1 is 1.00 bits per heavy atom. The van der Waals surface area contributed by atoms with Crippen LogP contribution in [-0.2, 0) is 9.24 Å². The van der Waals surface area contributed by atoms with E-state index in [0.717, 1.165) is 6.07 Å². The molecule has 0 aliphatic heterocycles. The zero-order valence-corrected chi connectivity index (χ0v) is 17.9. The summed E-state index contributed by atoms with van der Waals surface area (Å²) < 4.78 is 44.5. The predicted molar refractivity (Wildman–Crippen MR) is 106 cm³/mol. The van der Waals surface area contributed by atoms with E-state index < -0.39 is 19.4 Å². The van der Waals surface area contributed by atoms with Gasteiger partial charge in [-0.3, -0.25) is 4.79 Å². The van der Waals surface area contributed by atoms with Gasteiger partial charge in [-0.1, -0.05) is 10.7 Å². The molecular weight excluding hydrogens is 434 g/mol. The van der Waals surface area contributed by atoms with Crippen molar-refractivity contribution >= 4 is 13.6 Å². The number of methoxy groups -OCH3 is 3. The zero-order valence-electron chi connectivity index (χ0n) is 17.0. The topological polar surface area (TPSA) is 121 Å². The van der Waals surface area contributed by atoms with E-state index >= 15 is 0 Å². The minimum atomic E-state index is -4.95. The van der Waals surface area contributed by atoms with Gasteiger partial charge in [-0.2, -0.15) is 0 Å². The third kappa shape index (κ3) is 4.99. The standard InChI is InChI=1S/C20H22FO9P/c1-26-17-9-12(10-18(27-2)20(17)28-3)19(22)14-6-5-13(14)11-4-7-15(21)16(8-11)29-30-31(23,24)25/h4,7-10,13-14H,5-6H2,1-3H3,(H2,23,24,25). The molecule has 0 spiro atoms. The molecule has 1 fully saturated rings. The molecule has 2 aromatic carbocycles. The van der Waals surface area contributed by atoms with Gasteiger partial charge in [-0.15, -0.1) is 0 Å². The molecule has 2 aromatic rings. The fraction of sp³-hybridized carbons (Fsp3) is 0.350. The van der Waals surface area contributed by atoms with E-state index in [1.54, 1.807) is 12.1 Å². The molecular formula is C20H22FO9P. The third-order valence-corrected chi connectivity index (χ3v) is 5.44. The van der Waals surface area contributed by atoms with Crippen LogP contribution in [0.25, 0.3) is 0 Å². The van der Waals surface area contributed by atoms with E-state index in [9.17, 15) is 13.8 Å². The highest BCUT2D eigenvalue weighted by molar-refractivity contribution is 7.46. The molecule has 0 radical (unpaired) electrons. The number of hydrogen-bond donors (Lipinski definition) is 2. The molecule has 168 valence electrons. The van der Waals surface area contributed by atoms with Gasteiger partial charge in [0.05, 0.1) is 21.3 Å². The molecule has 0 bridgehead atoms. The average molecular weight is 456 g/mol. The molecule has 0 amide bonds. The Morgan fingerprint density at radius 3 is 2.13 bits per heavy atom. The Hall–Kier alpha value is -2.65. The first-order valence-electron chi connectivity index (χ1n) is 9.24. The Labute approximate surface area is 177 Å². The first-order valence-corrected chi connectivity index (χ1v) is 10.8. The van der Waals surface area contributed by atoms with Crippen LogP contribution in [0.15, 0.2) is 30.3 Å². The largest absolute Gasteiger partial charge is 0.505 e. The van der Waals surface area contributed by atoms with E-state index in [1.807, 2.05) is 0 Å². The lowest BCUT2D eigenvalue weighted by molar-refractivity contribution is -0.125. The lowest BCUT2D eigenvalue weighted by atomic mass is 9.67. The highest BCUT2D eigenvalue weighted by Crippen LogP contribution is 2.47. The SMILES string of the molecule is COc1cc(C(=O)C2CCC2c2ccc(F)c(OOP(=O)(O)O)c2)cc(OC)c1OC. The number of phosphoric acid groups is 1. The molecule has 2 atom stereocenters. The van der Waals surface area contributed by atoms with Crippen molar-refractivity contribution < 1.29 is 47.3 Å². The van der Waals surface area contributed by atoms with E-state index in [-0.39, 0.29) is 17.6 Å². The maximum atomic E-state index is 13.9. The van der Waals surface area contributed by atoms with E-state index in [2.05, 4.69) is 9.56 Å². The monoisotopic (exact) mass is 456 g/mol. The Bertz CT molecular complexity index is 995. The maximum absolute atomic E-state index is 13.9. The second kappa shape index (κ2) is 9.23. The molecule has 1 aliphatic rings. The average Bonchev–Trinajstić information content (AvgIpc) is 2.71. The number of hydrogen-bond acceptors (Lipinski definition) is 7. The number of carbonyl (C=O) groups is 1. The number of ketones is 1. The minimum absolute atomic E-state index is 0.145. The van der Waals surface area contributed by atoms with Crippen molar-refractivity contribution in [3.63, 3.8) is 0 Å². The molecule has 0 saturated heterocycles. The summed E-state index contributed by atoms with van der Waals surface area (Å²) in [6, 6.07) is 7.01. The van der Waals surface area contributed by atoms with Gasteiger partial charge in [0, 0.05) is 11.5 Å². The molecule has 0 heterocycles. The summed E-state index contributed by atoms with van der Waals surface area (Å²) in [6.07, 6.45) is 1.29. The van der Waals surface area contributed by atoms with Gasteiger partial charge in [-0.25, -0.2) is 8.96 Å². The lowest BCUT2D eigenvalue weighted by Crippen LogP contribution is -2.31. The van der Waals surface area contributed by atoms with Crippen LogP contribution in [0, 0.1) is 11.7 Å². The van der Waals surface area contributed by atoms with Crippen molar-refractivity contribution in [3.8, 4) is 23.0 Å².